The van der Waals surface area contributed by atoms with Gasteiger partial charge < -0.3 is 11.1 Å². The van der Waals surface area contributed by atoms with E-state index in [4.69, 9.17) is 5.73 Å². The highest BCUT2D eigenvalue weighted by Gasteiger charge is 2.18. The van der Waals surface area contributed by atoms with Crippen LogP contribution < -0.4 is 11.1 Å². The van der Waals surface area contributed by atoms with Gasteiger partial charge in [-0.05, 0) is 41.6 Å². The Balaban J connectivity index is 2.19. The monoisotopic (exact) mass is 290 g/mol. The smallest absolute Gasteiger partial charge is 0.269 e. The van der Waals surface area contributed by atoms with Crippen molar-refractivity contribution < 1.29 is 4.79 Å². The Labute approximate surface area is 122 Å². The summed E-state index contributed by atoms with van der Waals surface area (Å²) in [5, 5.41) is 6.85. The van der Waals surface area contributed by atoms with E-state index in [9.17, 15) is 4.79 Å². The minimum atomic E-state index is -0.188. The predicted octanol–water partition coefficient (Wildman–Crippen LogP) is 3.06. The van der Waals surface area contributed by atoms with E-state index in [1.165, 1.54) is 0 Å². The lowest BCUT2D eigenvalue weighted by molar-refractivity contribution is 0.102. The van der Waals surface area contributed by atoms with Crippen molar-refractivity contribution in [3.05, 3.63) is 34.3 Å². The van der Waals surface area contributed by atoms with Crippen molar-refractivity contribution in [3.8, 4) is 0 Å². The highest BCUT2D eigenvalue weighted by Crippen LogP contribution is 2.23. The first-order chi connectivity index (χ1) is 9.52. The Hall–Kier alpha value is -1.95. The van der Waals surface area contributed by atoms with E-state index in [1.54, 1.807) is 6.07 Å². The third-order valence-electron chi connectivity index (χ3n) is 3.05. The summed E-state index contributed by atoms with van der Waals surface area (Å²) in [6, 6.07) is 5.57. The van der Waals surface area contributed by atoms with E-state index in [0.717, 1.165) is 29.2 Å². The molecule has 3 N–H and O–H groups in total. The van der Waals surface area contributed by atoms with E-state index < -0.39 is 0 Å². The molecule has 0 fully saturated rings. The number of nitrogens with two attached hydrogens (primary N) is 1. The van der Waals surface area contributed by atoms with E-state index in [1.807, 2.05) is 32.9 Å². The number of benzene rings is 1. The van der Waals surface area contributed by atoms with Crippen LogP contribution in [0.2, 0.25) is 0 Å². The maximum Gasteiger partial charge on any atom is 0.269 e. The van der Waals surface area contributed by atoms with Crippen LogP contribution in [0, 0.1) is 0 Å². The number of aryl methyl sites for hydroxylation is 1. The van der Waals surface area contributed by atoms with Gasteiger partial charge in [-0.15, -0.1) is 5.10 Å². The number of rotatable bonds is 4. The number of amides is 1. The van der Waals surface area contributed by atoms with Crippen LogP contribution in [-0.4, -0.2) is 15.5 Å². The highest BCUT2D eigenvalue weighted by molar-refractivity contribution is 7.08. The third kappa shape index (κ3) is 2.96. The van der Waals surface area contributed by atoms with Crippen molar-refractivity contribution in [2.24, 2.45) is 0 Å². The molecule has 0 atom stereocenters. The molecule has 1 aromatic heterocycles. The molecule has 2 aromatic rings. The van der Waals surface area contributed by atoms with Gasteiger partial charge in [0.25, 0.3) is 5.91 Å². The molecule has 0 aliphatic carbocycles. The van der Waals surface area contributed by atoms with Gasteiger partial charge in [0.2, 0.25) is 0 Å². The van der Waals surface area contributed by atoms with Gasteiger partial charge in [0.1, 0.15) is 4.88 Å². The van der Waals surface area contributed by atoms with Gasteiger partial charge in [0, 0.05) is 11.4 Å². The molecule has 0 aliphatic rings. The van der Waals surface area contributed by atoms with Gasteiger partial charge >= 0.3 is 0 Å². The Morgan fingerprint density at radius 1 is 1.45 bits per heavy atom. The molecule has 0 saturated carbocycles. The van der Waals surface area contributed by atoms with Gasteiger partial charge in [-0.2, -0.15) is 0 Å². The van der Waals surface area contributed by atoms with Crippen molar-refractivity contribution in [2.75, 3.05) is 11.1 Å². The summed E-state index contributed by atoms with van der Waals surface area (Å²) in [5.74, 6) is -0.0191. The third-order valence-corrected chi connectivity index (χ3v) is 3.79. The largest absolute Gasteiger partial charge is 0.398 e. The maximum absolute atomic E-state index is 12.2. The molecule has 1 amide bonds. The molecule has 2 rings (SSSR count). The van der Waals surface area contributed by atoms with Crippen LogP contribution in [0.5, 0.6) is 0 Å². The minimum Gasteiger partial charge on any atom is -0.398 e. The first-order valence-electron chi connectivity index (χ1n) is 6.55. The molecule has 0 bridgehead atoms. The zero-order valence-electron chi connectivity index (χ0n) is 11.8. The lowest BCUT2D eigenvalue weighted by atomic mass is 10.1. The second-order valence-corrected chi connectivity index (χ2v) is 5.62. The number of carbonyl (C=O) groups is 1. The molecule has 0 aliphatic heterocycles. The average Bonchev–Trinajstić information content (AvgIpc) is 2.88. The molecule has 0 unspecified atom stereocenters. The second-order valence-electron chi connectivity index (χ2n) is 4.86. The molecule has 5 nitrogen and oxygen atoms in total. The fourth-order valence-electron chi connectivity index (χ4n) is 1.92. The first kappa shape index (κ1) is 14.5. The Kier molecular flexibility index (Phi) is 4.34. The highest BCUT2D eigenvalue weighted by atomic mass is 32.1. The summed E-state index contributed by atoms with van der Waals surface area (Å²) < 4.78 is 3.86. The van der Waals surface area contributed by atoms with Crippen molar-refractivity contribution in [2.45, 2.75) is 33.1 Å². The van der Waals surface area contributed by atoms with Crippen molar-refractivity contribution in [1.29, 1.82) is 0 Å². The molecule has 0 spiro atoms. The summed E-state index contributed by atoms with van der Waals surface area (Å²) in [6.07, 6.45) is 0.871. The van der Waals surface area contributed by atoms with Crippen LogP contribution in [0.15, 0.2) is 18.2 Å². The van der Waals surface area contributed by atoms with Crippen LogP contribution in [0.3, 0.4) is 0 Å². The molecule has 6 heteroatoms. The zero-order chi connectivity index (χ0) is 14.7. The lowest BCUT2D eigenvalue weighted by Gasteiger charge is -2.09. The predicted molar refractivity (Wildman–Crippen MR) is 82.2 cm³/mol. The number of hydrogen-bond acceptors (Lipinski definition) is 5. The normalized spacial score (nSPS) is 10.8. The fraction of sp³-hybridized carbons (Fsp3) is 0.357. The van der Waals surface area contributed by atoms with E-state index in [2.05, 4.69) is 14.9 Å². The number of nitrogens with one attached hydrogen (secondary N) is 1. The van der Waals surface area contributed by atoms with Gasteiger partial charge in [0.15, 0.2) is 0 Å². The molecule has 1 aromatic carbocycles. The van der Waals surface area contributed by atoms with Crippen LogP contribution in [0.1, 0.15) is 47.6 Å². The number of hydrogen-bond donors (Lipinski definition) is 2. The van der Waals surface area contributed by atoms with Gasteiger partial charge in [-0.3, -0.25) is 4.79 Å². The lowest BCUT2D eigenvalue weighted by Crippen LogP contribution is -2.13. The standard InChI is InChI=1S/C14H18N4OS/c1-4-9-5-6-10(7-11(9)15)16-14(19)13-12(8(2)3)17-18-20-13/h5-8H,4,15H2,1-3H3,(H,16,19). The topological polar surface area (TPSA) is 80.9 Å². The summed E-state index contributed by atoms with van der Waals surface area (Å²) in [6.45, 7) is 6.02. The first-order valence-corrected chi connectivity index (χ1v) is 7.32. The van der Waals surface area contributed by atoms with Crippen molar-refractivity contribution in [1.82, 2.24) is 9.59 Å². The molecule has 0 saturated heterocycles. The number of nitrogen functional groups attached to an aromatic ring is 1. The number of nitrogens with zero attached hydrogens (tertiary/aromatic N) is 2. The van der Waals surface area contributed by atoms with Crippen LogP contribution in [0.4, 0.5) is 11.4 Å². The van der Waals surface area contributed by atoms with Gasteiger partial charge in [-0.1, -0.05) is 31.3 Å². The Bertz CT molecular complexity index is 621. The van der Waals surface area contributed by atoms with E-state index in [0.29, 0.717) is 16.3 Å². The van der Waals surface area contributed by atoms with Crippen LogP contribution in [0.25, 0.3) is 0 Å². The summed E-state index contributed by atoms with van der Waals surface area (Å²) in [7, 11) is 0. The SMILES string of the molecule is CCc1ccc(NC(=O)c2snnc2C(C)C)cc1N. The van der Waals surface area contributed by atoms with E-state index in [-0.39, 0.29) is 11.8 Å². The molecule has 20 heavy (non-hydrogen) atoms. The maximum atomic E-state index is 12.2. The Morgan fingerprint density at radius 2 is 2.20 bits per heavy atom. The van der Waals surface area contributed by atoms with Crippen molar-refractivity contribution >= 4 is 28.8 Å². The van der Waals surface area contributed by atoms with Crippen LogP contribution in [-0.2, 0) is 6.42 Å². The summed E-state index contributed by atoms with van der Waals surface area (Å²) >= 11 is 1.11. The Morgan fingerprint density at radius 3 is 2.80 bits per heavy atom. The van der Waals surface area contributed by atoms with Gasteiger partial charge in [-0.25, -0.2) is 0 Å². The molecule has 1 heterocycles. The van der Waals surface area contributed by atoms with Gasteiger partial charge in [0.05, 0.1) is 5.69 Å². The molecule has 0 radical (unpaired) electrons. The zero-order valence-corrected chi connectivity index (χ0v) is 12.6. The second kappa shape index (κ2) is 6.00. The van der Waals surface area contributed by atoms with Crippen LogP contribution >= 0.6 is 11.5 Å². The van der Waals surface area contributed by atoms with Crippen molar-refractivity contribution in [3.63, 3.8) is 0 Å². The fourth-order valence-corrected chi connectivity index (χ4v) is 2.63. The number of carbonyl (C=O) groups excluding carboxylic acids is 1. The number of aromatic nitrogens is 2. The van der Waals surface area contributed by atoms with E-state index >= 15 is 0 Å². The minimum absolute atomic E-state index is 0.169. The summed E-state index contributed by atoms with van der Waals surface area (Å²) in [4.78, 5) is 12.8. The average molecular weight is 290 g/mol. The summed E-state index contributed by atoms with van der Waals surface area (Å²) in [5.41, 5.74) is 9.11. The molecule has 106 valence electrons. The number of anilines is 2. The quantitative estimate of drug-likeness (QED) is 0.848. The molecular weight excluding hydrogens is 272 g/mol. The molecular formula is C14H18N4OS.